The molecule has 0 bridgehead atoms. The molecular weight excluding hydrogens is 302 g/mol. The summed E-state index contributed by atoms with van der Waals surface area (Å²) in [6, 6.07) is 11.7. The third-order valence-electron chi connectivity index (χ3n) is 4.34. The second-order valence-electron chi connectivity index (χ2n) is 6.05. The van der Waals surface area contributed by atoms with Crippen molar-refractivity contribution in [3.8, 4) is 11.3 Å². The highest BCUT2D eigenvalue weighted by Crippen LogP contribution is 2.21. The third-order valence-corrected chi connectivity index (χ3v) is 4.34. The summed E-state index contributed by atoms with van der Waals surface area (Å²) < 4.78 is 0. The van der Waals surface area contributed by atoms with Crippen LogP contribution in [0.3, 0.4) is 0 Å². The average Bonchev–Trinajstić information content (AvgIpc) is 2.63. The Hall–Kier alpha value is -2.73. The molecule has 6 nitrogen and oxygen atoms in total. The molecule has 1 aromatic carbocycles. The van der Waals surface area contributed by atoms with Crippen LogP contribution < -0.4 is 16.1 Å². The molecule has 3 aromatic rings. The van der Waals surface area contributed by atoms with Gasteiger partial charge in [-0.15, -0.1) is 0 Å². The summed E-state index contributed by atoms with van der Waals surface area (Å²) in [5.41, 5.74) is 2.20. The van der Waals surface area contributed by atoms with Gasteiger partial charge >= 0.3 is 0 Å². The average molecular weight is 321 g/mol. The molecule has 1 aliphatic rings. The number of anilines is 1. The predicted octanol–water partition coefficient (Wildman–Crippen LogP) is 2.15. The summed E-state index contributed by atoms with van der Waals surface area (Å²) >= 11 is 0. The second kappa shape index (κ2) is 6.41. The molecule has 24 heavy (non-hydrogen) atoms. The molecule has 1 fully saturated rings. The normalized spacial score (nSPS) is 17.8. The van der Waals surface area contributed by atoms with Gasteiger partial charge in [0.05, 0.1) is 5.69 Å². The van der Waals surface area contributed by atoms with Crippen LogP contribution in [-0.2, 0) is 0 Å². The van der Waals surface area contributed by atoms with Crippen molar-refractivity contribution in [2.45, 2.75) is 18.9 Å². The van der Waals surface area contributed by atoms with Crippen molar-refractivity contribution in [2.75, 3.05) is 18.4 Å². The van der Waals surface area contributed by atoms with E-state index < -0.39 is 0 Å². The number of nitrogens with zero attached hydrogens (tertiary/aromatic N) is 2. The fraction of sp³-hybridized carbons (Fsp3) is 0.278. The molecule has 0 saturated carbocycles. The SMILES string of the molecule is O=c1cc(-c2ccccc2)[nH]c2ncnc(N[C@@H]3CCCNC3)c12. The summed E-state index contributed by atoms with van der Waals surface area (Å²) in [6.45, 7) is 1.93. The number of rotatable bonds is 3. The minimum atomic E-state index is -0.0746. The minimum absolute atomic E-state index is 0.0746. The highest BCUT2D eigenvalue weighted by molar-refractivity contribution is 5.87. The smallest absolute Gasteiger partial charge is 0.195 e. The zero-order valence-electron chi connectivity index (χ0n) is 13.2. The quantitative estimate of drug-likeness (QED) is 0.688. The van der Waals surface area contributed by atoms with E-state index in [1.807, 2.05) is 30.3 Å². The molecule has 0 amide bonds. The first kappa shape index (κ1) is 14.8. The van der Waals surface area contributed by atoms with Crippen molar-refractivity contribution >= 4 is 16.9 Å². The lowest BCUT2D eigenvalue weighted by molar-refractivity contribution is 0.479. The summed E-state index contributed by atoms with van der Waals surface area (Å²) in [5, 5.41) is 7.26. The van der Waals surface area contributed by atoms with Crippen LogP contribution >= 0.6 is 0 Å². The van der Waals surface area contributed by atoms with Gasteiger partial charge in [-0.2, -0.15) is 0 Å². The second-order valence-corrected chi connectivity index (χ2v) is 6.05. The molecule has 2 aromatic heterocycles. The first-order valence-corrected chi connectivity index (χ1v) is 8.22. The predicted molar refractivity (Wildman–Crippen MR) is 95.1 cm³/mol. The molecule has 3 heterocycles. The van der Waals surface area contributed by atoms with Crippen molar-refractivity contribution in [1.29, 1.82) is 0 Å². The molecule has 0 radical (unpaired) electrons. The molecule has 0 aliphatic carbocycles. The van der Waals surface area contributed by atoms with E-state index in [-0.39, 0.29) is 11.5 Å². The highest BCUT2D eigenvalue weighted by Gasteiger charge is 2.16. The van der Waals surface area contributed by atoms with Crippen LogP contribution in [0.1, 0.15) is 12.8 Å². The van der Waals surface area contributed by atoms with Gasteiger partial charge in [0.25, 0.3) is 0 Å². The number of piperidine rings is 1. The van der Waals surface area contributed by atoms with E-state index in [9.17, 15) is 4.79 Å². The fourth-order valence-corrected chi connectivity index (χ4v) is 3.13. The topological polar surface area (TPSA) is 82.7 Å². The number of hydrogen-bond donors (Lipinski definition) is 3. The van der Waals surface area contributed by atoms with Crippen molar-refractivity contribution in [2.24, 2.45) is 0 Å². The lowest BCUT2D eigenvalue weighted by Gasteiger charge is -2.24. The zero-order valence-corrected chi connectivity index (χ0v) is 13.2. The van der Waals surface area contributed by atoms with Gasteiger partial charge in [0.1, 0.15) is 23.2 Å². The Balaban J connectivity index is 1.76. The van der Waals surface area contributed by atoms with Crippen LogP contribution in [-0.4, -0.2) is 34.1 Å². The number of hydrogen-bond acceptors (Lipinski definition) is 5. The van der Waals surface area contributed by atoms with Gasteiger partial charge in [-0.1, -0.05) is 30.3 Å². The van der Waals surface area contributed by atoms with Gasteiger partial charge in [0, 0.05) is 18.7 Å². The molecule has 3 N–H and O–H groups in total. The van der Waals surface area contributed by atoms with E-state index in [0.29, 0.717) is 16.9 Å². The zero-order chi connectivity index (χ0) is 16.4. The molecule has 1 aliphatic heterocycles. The maximum absolute atomic E-state index is 12.7. The van der Waals surface area contributed by atoms with Gasteiger partial charge in [0.15, 0.2) is 5.43 Å². The summed E-state index contributed by atoms with van der Waals surface area (Å²) in [4.78, 5) is 24.5. The number of aromatic nitrogens is 3. The van der Waals surface area contributed by atoms with Crippen LogP contribution in [0.15, 0.2) is 47.5 Å². The van der Waals surface area contributed by atoms with E-state index in [1.54, 1.807) is 6.07 Å². The Morgan fingerprint density at radius 1 is 1.17 bits per heavy atom. The molecule has 0 spiro atoms. The standard InChI is InChI=1S/C18H19N5O/c24-15-9-14(12-5-2-1-3-6-12)23-18-16(15)17(20-11-21-18)22-13-7-4-8-19-10-13/h1-3,5-6,9,11,13,19H,4,7-8,10H2,(H2,20,21,22,23,24)/t13-/m1/s1. The number of benzene rings is 1. The van der Waals surface area contributed by atoms with Crippen LogP contribution in [0.4, 0.5) is 5.82 Å². The van der Waals surface area contributed by atoms with E-state index in [4.69, 9.17) is 0 Å². The monoisotopic (exact) mass is 321 g/mol. The molecule has 122 valence electrons. The Kier molecular flexibility index (Phi) is 3.96. The Morgan fingerprint density at radius 3 is 2.83 bits per heavy atom. The van der Waals surface area contributed by atoms with Crippen molar-refractivity contribution in [1.82, 2.24) is 20.3 Å². The lowest BCUT2D eigenvalue weighted by Crippen LogP contribution is -2.38. The highest BCUT2D eigenvalue weighted by atomic mass is 16.1. The first-order chi connectivity index (χ1) is 11.8. The number of nitrogens with one attached hydrogen (secondary N) is 3. The van der Waals surface area contributed by atoms with E-state index >= 15 is 0 Å². The fourth-order valence-electron chi connectivity index (χ4n) is 3.13. The molecule has 1 atom stereocenters. The third kappa shape index (κ3) is 2.88. The van der Waals surface area contributed by atoms with E-state index in [2.05, 4.69) is 25.6 Å². The first-order valence-electron chi connectivity index (χ1n) is 8.22. The van der Waals surface area contributed by atoms with E-state index in [0.717, 1.165) is 37.2 Å². The van der Waals surface area contributed by atoms with Gasteiger partial charge in [0.2, 0.25) is 0 Å². The number of H-pyrrole nitrogens is 1. The molecule has 1 saturated heterocycles. The number of pyridine rings is 1. The Labute approximate surface area is 139 Å². The van der Waals surface area contributed by atoms with Crippen LogP contribution in [0, 0.1) is 0 Å². The Bertz CT molecular complexity index is 900. The number of aromatic amines is 1. The van der Waals surface area contributed by atoms with Gasteiger partial charge in [-0.05, 0) is 24.9 Å². The van der Waals surface area contributed by atoms with Crippen molar-refractivity contribution in [3.63, 3.8) is 0 Å². The van der Waals surface area contributed by atoms with Crippen molar-refractivity contribution in [3.05, 3.63) is 52.9 Å². The lowest BCUT2D eigenvalue weighted by atomic mass is 10.1. The van der Waals surface area contributed by atoms with Crippen LogP contribution in [0.2, 0.25) is 0 Å². The summed E-state index contributed by atoms with van der Waals surface area (Å²) in [7, 11) is 0. The van der Waals surface area contributed by atoms with Crippen LogP contribution in [0.5, 0.6) is 0 Å². The Morgan fingerprint density at radius 2 is 2.04 bits per heavy atom. The number of fused-ring (bicyclic) bond motifs is 1. The molecule has 0 unspecified atom stereocenters. The molecule has 4 rings (SSSR count). The van der Waals surface area contributed by atoms with Gasteiger partial charge < -0.3 is 15.6 Å². The van der Waals surface area contributed by atoms with E-state index in [1.165, 1.54) is 6.33 Å². The van der Waals surface area contributed by atoms with Gasteiger partial charge in [-0.3, -0.25) is 4.79 Å². The largest absolute Gasteiger partial charge is 0.365 e. The molecule has 6 heteroatoms. The van der Waals surface area contributed by atoms with Gasteiger partial charge in [-0.25, -0.2) is 9.97 Å². The minimum Gasteiger partial charge on any atom is -0.365 e. The summed E-state index contributed by atoms with van der Waals surface area (Å²) in [6.07, 6.45) is 3.68. The molecular formula is C18H19N5O. The maximum Gasteiger partial charge on any atom is 0.195 e. The van der Waals surface area contributed by atoms with Crippen molar-refractivity contribution < 1.29 is 0 Å². The van der Waals surface area contributed by atoms with Crippen LogP contribution in [0.25, 0.3) is 22.3 Å². The summed E-state index contributed by atoms with van der Waals surface area (Å²) in [5.74, 6) is 0.606. The maximum atomic E-state index is 12.7.